The van der Waals surface area contributed by atoms with E-state index in [1.807, 2.05) is 44.5 Å². The molecule has 5 nitrogen and oxygen atoms in total. The molecule has 2 aromatic rings. The van der Waals surface area contributed by atoms with Gasteiger partial charge in [0.2, 0.25) is 0 Å². The van der Waals surface area contributed by atoms with E-state index in [9.17, 15) is 0 Å². The standard InChI is InChI=1S/C14H17BBrN3O2/c1-13(2)14(3,4)21-15(20-13)12-8-19(9-18-12)11-5-6-17-7-10(11)16/h5-9H,1-4H3. The second kappa shape index (κ2) is 4.93. The van der Waals surface area contributed by atoms with Gasteiger partial charge in [0.15, 0.2) is 0 Å². The molecule has 3 heterocycles. The topological polar surface area (TPSA) is 49.2 Å². The first-order valence-electron chi connectivity index (χ1n) is 6.79. The van der Waals surface area contributed by atoms with Gasteiger partial charge >= 0.3 is 7.12 Å². The van der Waals surface area contributed by atoms with E-state index in [1.54, 1.807) is 18.7 Å². The van der Waals surface area contributed by atoms with E-state index >= 15 is 0 Å². The normalized spacial score (nSPS) is 20.0. The van der Waals surface area contributed by atoms with Crippen LogP contribution in [0.5, 0.6) is 0 Å². The van der Waals surface area contributed by atoms with Gasteiger partial charge < -0.3 is 13.9 Å². The van der Waals surface area contributed by atoms with Crippen LogP contribution >= 0.6 is 15.9 Å². The minimum Gasteiger partial charge on any atom is -0.398 e. The largest absolute Gasteiger partial charge is 0.516 e. The van der Waals surface area contributed by atoms with Crippen molar-refractivity contribution in [2.75, 3.05) is 0 Å². The summed E-state index contributed by atoms with van der Waals surface area (Å²) in [7, 11) is -0.447. The van der Waals surface area contributed by atoms with Crippen LogP contribution in [0.4, 0.5) is 0 Å². The lowest BCUT2D eigenvalue weighted by atomic mass is 9.86. The van der Waals surface area contributed by atoms with Crippen molar-refractivity contribution in [1.82, 2.24) is 14.5 Å². The van der Waals surface area contributed by atoms with Gasteiger partial charge in [-0.2, -0.15) is 0 Å². The fourth-order valence-corrected chi connectivity index (χ4v) is 2.59. The zero-order chi connectivity index (χ0) is 15.3. The minimum absolute atomic E-state index is 0.362. The first kappa shape index (κ1) is 14.7. The van der Waals surface area contributed by atoms with Crippen LogP contribution in [0.3, 0.4) is 0 Å². The highest BCUT2D eigenvalue weighted by Crippen LogP contribution is 2.36. The molecule has 0 amide bonds. The van der Waals surface area contributed by atoms with Gasteiger partial charge in [-0.3, -0.25) is 4.98 Å². The molecule has 0 atom stereocenters. The minimum atomic E-state index is -0.447. The lowest BCUT2D eigenvalue weighted by Gasteiger charge is -2.32. The highest BCUT2D eigenvalue weighted by Gasteiger charge is 2.52. The molecule has 1 fully saturated rings. The molecule has 1 aliphatic heterocycles. The summed E-state index contributed by atoms with van der Waals surface area (Å²) in [5, 5.41) is 0. The quantitative estimate of drug-likeness (QED) is 0.781. The highest BCUT2D eigenvalue weighted by atomic mass is 79.9. The zero-order valence-electron chi connectivity index (χ0n) is 12.5. The van der Waals surface area contributed by atoms with E-state index < -0.39 is 7.12 Å². The predicted molar refractivity (Wildman–Crippen MR) is 84.8 cm³/mol. The Morgan fingerprint density at radius 1 is 1.19 bits per heavy atom. The molecule has 7 heteroatoms. The van der Waals surface area contributed by atoms with Crippen LogP contribution in [-0.2, 0) is 9.31 Å². The summed E-state index contributed by atoms with van der Waals surface area (Å²) < 4.78 is 14.8. The zero-order valence-corrected chi connectivity index (χ0v) is 14.1. The van der Waals surface area contributed by atoms with Crippen molar-refractivity contribution in [3.8, 4) is 5.69 Å². The number of nitrogens with zero attached hydrogens (tertiary/aromatic N) is 3. The van der Waals surface area contributed by atoms with Crippen molar-refractivity contribution in [1.29, 1.82) is 0 Å². The van der Waals surface area contributed by atoms with Crippen LogP contribution in [0.15, 0.2) is 35.5 Å². The summed E-state index contributed by atoms with van der Waals surface area (Å²) in [6.45, 7) is 8.12. The number of pyridine rings is 1. The number of hydrogen-bond acceptors (Lipinski definition) is 4. The molecule has 0 aromatic carbocycles. The predicted octanol–water partition coefficient (Wildman–Crippen LogP) is 2.33. The first-order valence-corrected chi connectivity index (χ1v) is 7.59. The van der Waals surface area contributed by atoms with E-state index in [1.165, 1.54) is 0 Å². The maximum atomic E-state index is 6.01. The summed E-state index contributed by atoms with van der Waals surface area (Å²) in [6, 6.07) is 1.92. The Morgan fingerprint density at radius 3 is 2.48 bits per heavy atom. The Kier molecular flexibility index (Phi) is 3.46. The van der Waals surface area contributed by atoms with Gasteiger partial charge in [0.1, 0.15) is 0 Å². The Balaban J connectivity index is 1.89. The van der Waals surface area contributed by atoms with Gasteiger partial charge in [-0.25, -0.2) is 4.98 Å². The van der Waals surface area contributed by atoms with Gasteiger partial charge in [-0.15, -0.1) is 0 Å². The Morgan fingerprint density at radius 2 is 1.86 bits per heavy atom. The molecule has 0 saturated carbocycles. The molecule has 0 radical (unpaired) electrons. The van der Waals surface area contributed by atoms with Gasteiger partial charge in [-0.1, -0.05) is 0 Å². The lowest BCUT2D eigenvalue weighted by molar-refractivity contribution is 0.00578. The molecular weight excluding hydrogens is 333 g/mol. The van der Waals surface area contributed by atoms with Gasteiger partial charge in [0, 0.05) is 18.6 Å². The third-order valence-corrected chi connectivity index (χ3v) is 4.74. The Bertz CT molecular complexity index is 656. The van der Waals surface area contributed by atoms with Crippen LogP contribution in [0.25, 0.3) is 5.69 Å². The first-order chi connectivity index (χ1) is 9.80. The number of aromatic nitrogens is 3. The second-order valence-electron chi connectivity index (χ2n) is 6.12. The average molecular weight is 350 g/mol. The summed E-state index contributed by atoms with van der Waals surface area (Å²) >= 11 is 3.49. The number of halogens is 1. The molecule has 1 saturated heterocycles. The van der Waals surface area contributed by atoms with Crippen molar-refractivity contribution in [2.45, 2.75) is 38.9 Å². The average Bonchev–Trinajstić information content (AvgIpc) is 2.94. The van der Waals surface area contributed by atoms with Crippen LogP contribution < -0.4 is 5.59 Å². The Labute approximate surface area is 133 Å². The summed E-state index contributed by atoms with van der Waals surface area (Å²) in [5.74, 6) is 0. The third kappa shape index (κ3) is 2.54. The fourth-order valence-electron chi connectivity index (χ4n) is 2.13. The summed E-state index contributed by atoms with van der Waals surface area (Å²) in [5.41, 5.74) is 1.01. The van der Waals surface area contributed by atoms with E-state index in [2.05, 4.69) is 25.9 Å². The van der Waals surface area contributed by atoms with Gasteiger partial charge in [0.25, 0.3) is 0 Å². The van der Waals surface area contributed by atoms with Crippen LogP contribution in [-0.4, -0.2) is 32.9 Å². The smallest absolute Gasteiger partial charge is 0.398 e. The molecule has 1 aliphatic rings. The van der Waals surface area contributed by atoms with Crippen molar-refractivity contribution < 1.29 is 9.31 Å². The maximum absolute atomic E-state index is 6.01. The van der Waals surface area contributed by atoms with E-state index in [0.29, 0.717) is 0 Å². The van der Waals surface area contributed by atoms with E-state index in [0.717, 1.165) is 15.8 Å². The van der Waals surface area contributed by atoms with Crippen LogP contribution in [0.1, 0.15) is 27.7 Å². The number of rotatable bonds is 2. The number of hydrogen-bond donors (Lipinski definition) is 0. The second-order valence-corrected chi connectivity index (χ2v) is 6.98. The molecule has 0 aliphatic carbocycles. The molecular formula is C14H17BBrN3O2. The van der Waals surface area contributed by atoms with Crippen molar-refractivity contribution in [2.24, 2.45) is 0 Å². The fraction of sp³-hybridized carbons (Fsp3) is 0.429. The molecule has 0 N–H and O–H groups in total. The molecule has 110 valence electrons. The molecule has 0 spiro atoms. The summed E-state index contributed by atoms with van der Waals surface area (Å²) in [6.07, 6.45) is 7.17. The molecule has 2 aromatic heterocycles. The van der Waals surface area contributed by atoms with Crippen molar-refractivity contribution in [3.05, 3.63) is 35.5 Å². The monoisotopic (exact) mass is 349 g/mol. The van der Waals surface area contributed by atoms with Crippen LogP contribution in [0.2, 0.25) is 0 Å². The van der Waals surface area contributed by atoms with Crippen LogP contribution in [0, 0.1) is 0 Å². The van der Waals surface area contributed by atoms with Crippen molar-refractivity contribution in [3.63, 3.8) is 0 Å². The lowest BCUT2D eigenvalue weighted by Crippen LogP contribution is -2.41. The Hall–Kier alpha value is -1.18. The van der Waals surface area contributed by atoms with E-state index in [4.69, 9.17) is 9.31 Å². The summed E-state index contributed by atoms with van der Waals surface area (Å²) in [4.78, 5) is 8.48. The maximum Gasteiger partial charge on any atom is 0.516 e. The third-order valence-electron chi connectivity index (χ3n) is 4.13. The van der Waals surface area contributed by atoms with E-state index in [-0.39, 0.29) is 11.2 Å². The van der Waals surface area contributed by atoms with Gasteiger partial charge in [0.05, 0.1) is 33.3 Å². The van der Waals surface area contributed by atoms with Crippen molar-refractivity contribution >= 4 is 28.6 Å². The highest BCUT2D eigenvalue weighted by molar-refractivity contribution is 9.10. The molecule has 0 bridgehead atoms. The molecule has 3 rings (SSSR count). The van der Waals surface area contributed by atoms with Gasteiger partial charge in [-0.05, 0) is 49.7 Å². The SMILES string of the molecule is CC1(C)OB(c2cn(-c3ccncc3Br)cn2)OC1(C)C. The number of imidazole rings is 1. The molecule has 0 unspecified atom stereocenters. The molecule has 21 heavy (non-hydrogen) atoms.